The third-order valence-corrected chi connectivity index (χ3v) is 20.8. The summed E-state index contributed by atoms with van der Waals surface area (Å²) < 4.78 is 5.53. The Balaban J connectivity index is 3.31. The van der Waals surface area contributed by atoms with E-state index in [4.69, 9.17) is 4.74 Å². The van der Waals surface area contributed by atoms with Crippen molar-refractivity contribution in [3.05, 3.63) is 12.2 Å². The first kappa shape index (κ1) is 91.6. The fourth-order valence-electron chi connectivity index (χ4n) is 14.2. The zero-order valence-corrected chi connectivity index (χ0v) is 63.8. The second-order valence-corrected chi connectivity index (χ2v) is 30.2. The molecular weight excluding hydrogens is 1140 g/mol. The van der Waals surface area contributed by atoms with Crippen molar-refractivity contribution in [3.63, 3.8) is 0 Å². The van der Waals surface area contributed by atoms with Crippen LogP contribution in [0.1, 0.15) is 508 Å². The number of aliphatic hydroxyl groups is 2. The highest BCUT2D eigenvalue weighted by molar-refractivity contribution is 5.76. The van der Waals surface area contributed by atoms with Crippen LogP contribution in [0.5, 0.6) is 0 Å². The zero-order chi connectivity index (χ0) is 67.0. The fraction of sp³-hybridized carbons (Fsp3) is 0.954. The van der Waals surface area contributed by atoms with Gasteiger partial charge >= 0.3 is 5.97 Å². The molecule has 0 aliphatic rings. The second kappa shape index (κ2) is 83.0. The van der Waals surface area contributed by atoms with Crippen LogP contribution in [0.15, 0.2) is 12.2 Å². The number of nitrogens with one attached hydrogen (secondary N) is 1. The summed E-state index contributed by atoms with van der Waals surface area (Å²) in [5.41, 5.74) is 0. The number of esters is 1. The predicted octanol–water partition coefficient (Wildman–Crippen LogP) is 29.0. The van der Waals surface area contributed by atoms with Gasteiger partial charge in [0.2, 0.25) is 5.91 Å². The summed E-state index contributed by atoms with van der Waals surface area (Å²) in [4.78, 5) is 24.7. The van der Waals surface area contributed by atoms with Crippen molar-refractivity contribution in [3.8, 4) is 0 Å². The Labute approximate surface area is 584 Å². The molecule has 3 N–H and O–H groups in total. The molecule has 2 unspecified atom stereocenters. The molecule has 0 heterocycles. The number of carbonyl (C=O) groups is 2. The van der Waals surface area contributed by atoms with Gasteiger partial charge in [-0.15, -0.1) is 0 Å². The molecule has 0 aliphatic carbocycles. The van der Waals surface area contributed by atoms with Crippen molar-refractivity contribution in [2.75, 3.05) is 13.2 Å². The number of carbonyl (C=O) groups excluding carboxylic acids is 2. The molecule has 2 atom stereocenters. The lowest BCUT2D eigenvalue weighted by atomic mass is 10.0. The summed E-state index contributed by atoms with van der Waals surface area (Å²) in [7, 11) is 0. The third kappa shape index (κ3) is 79.5. The van der Waals surface area contributed by atoms with Gasteiger partial charge in [0.15, 0.2) is 0 Å². The van der Waals surface area contributed by atoms with Crippen LogP contribution < -0.4 is 5.32 Å². The number of allylic oxidation sites excluding steroid dienone is 1. The van der Waals surface area contributed by atoms with Gasteiger partial charge in [0.1, 0.15) is 0 Å². The highest BCUT2D eigenvalue weighted by Crippen LogP contribution is 2.21. The lowest BCUT2D eigenvalue weighted by molar-refractivity contribution is -0.143. The highest BCUT2D eigenvalue weighted by atomic mass is 16.5. The molecule has 0 rings (SSSR count). The molecule has 0 radical (unpaired) electrons. The van der Waals surface area contributed by atoms with E-state index in [0.717, 1.165) is 38.5 Å². The molecule has 0 aromatic rings. The van der Waals surface area contributed by atoms with Crippen LogP contribution in [-0.4, -0.2) is 47.4 Å². The van der Waals surface area contributed by atoms with E-state index in [1.807, 2.05) is 6.08 Å². The van der Waals surface area contributed by atoms with Crippen molar-refractivity contribution in [1.82, 2.24) is 5.32 Å². The average molecular weight is 1310 g/mol. The van der Waals surface area contributed by atoms with Crippen LogP contribution in [0.2, 0.25) is 0 Å². The molecular formula is C87H171NO5. The number of hydrogen-bond acceptors (Lipinski definition) is 5. The molecule has 0 saturated carbocycles. The lowest BCUT2D eigenvalue weighted by Crippen LogP contribution is -2.45. The van der Waals surface area contributed by atoms with Crippen LogP contribution in [0, 0.1) is 0 Å². The number of amides is 1. The van der Waals surface area contributed by atoms with Crippen molar-refractivity contribution in [1.29, 1.82) is 0 Å². The minimum absolute atomic E-state index is 0.0291. The predicted molar refractivity (Wildman–Crippen MR) is 412 cm³/mol. The van der Waals surface area contributed by atoms with Crippen molar-refractivity contribution >= 4 is 11.9 Å². The highest BCUT2D eigenvalue weighted by Gasteiger charge is 2.18. The molecule has 0 spiro atoms. The van der Waals surface area contributed by atoms with E-state index in [1.54, 1.807) is 6.08 Å². The molecule has 0 aliphatic heterocycles. The quantitative estimate of drug-likeness (QED) is 0.0320. The van der Waals surface area contributed by atoms with Gasteiger partial charge in [-0.25, -0.2) is 0 Å². The number of ether oxygens (including phenoxy) is 1. The van der Waals surface area contributed by atoms with E-state index in [0.29, 0.717) is 19.4 Å². The SMILES string of the molecule is CCCCCCCCCCCCCCCCCCCCC/C=C/C(O)C(CO)NC(=O)CCCCCCCCCCCCCCCCCCCCCCCCCCCCCCCCCCCCCCCOC(=O)CCCCCCCCCCCCCCCCCCCC. The number of unbranched alkanes of at least 4 members (excludes halogenated alkanes) is 72. The van der Waals surface area contributed by atoms with Crippen molar-refractivity contribution < 1.29 is 24.5 Å². The van der Waals surface area contributed by atoms with Gasteiger partial charge in [0.25, 0.3) is 0 Å². The molecule has 0 bridgehead atoms. The number of aliphatic hydroxyl groups excluding tert-OH is 2. The molecule has 0 saturated heterocycles. The monoisotopic (exact) mass is 1310 g/mol. The maximum atomic E-state index is 12.6. The van der Waals surface area contributed by atoms with Gasteiger partial charge in [0, 0.05) is 12.8 Å². The summed E-state index contributed by atoms with van der Waals surface area (Å²) in [6.45, 7) is 4.98. The zero-order valence-electron chi connectivity index (χ0n) is 63.8. The number of hydrogen-bond donors (Lipinski definition) is 3. The standard InChI is InChI=1S/C87H171NO5/c1-3-5-7-9-11-13-15-17-19-21-23-41-44-47-51-55-59-63-67-71-75-79-85(90)84(83-89)88-86(91)80-76-72-68-64-60-56-52-48-45-42-39-37-35-33-31-29-27-25-24-26-28-30-32-34-36-38-40-43-46-50-54-58-62-66-70-74-78-82-93-87(92)81-77-73-69-65-61-57-53-49-22-20-18-16-14-12-10-8-6-4-2/h75,79,84-85,89-90H,3-74,76-78,80-83H2,1-2H3,(H,88,91)/b79-75+. The summed E-state index contributed by atoms with van der Waals surface area (Å²) in [5, 5.41) is 23.3. The lowest BCUT2D eigenvalue weighted by Gasteiger charge is -2.20. The maximum Gasteiger partial charge on any atom is 0.305 e. The minimum Gasteiger partial charge on any atom is -0.466 e. The van der Waals surface area contributed by atoms with Gasteiger partial charge in [-0.2, -0.15) is 0 Å². The Morgan fingerprint density at radius 2 is 0.495 bits per heavy atom. The molecule has 0 aromatic heterocycles. The molecule has 93 heavy (non-hydrogen) atoms. The van der Waals surface area contributed by atoms with Gasteiger partial charge in [-0.05, 0) is 32.1 Å². The van der Waals surface area contributed by atoms with Crippen LogP contribution in [-0.2, 0) is 14.3 Å². The summed E-state index contributed by atoms with van der Waals surface area (Å²) in [5.74, 6) is -0.0275. The second-order valence-electron chi connectivity index (χ2n) is 30.2. The van der Waals surface area contributed by atoms with Gasteiger partial charge < -0.3 is 20.3 Å². The van der Waals surface area contributed by atoms with Crippen molar-refractivity contribution in [2.45, 2.75) is 520 Å². The largest absolute Gasteiger partial charge is 0.466 e. The van der Waals surface area contributed by atoms with Crippen molar-refractivity contribution in [2.24, 2.45) is 0 Å². The van der Waals surface area contributed by atoms with Gasteiger partial charge in [-0.1, -0.05) is 475 Å². The summed E-state index contributed by atoms with van der Waals surface area (Å²) in [6.07, 6.45) is 107. The van der Waals surface area contributed by atoms with E-state index >= 15 is 0 Å². The van der Waals surface area contributed by atoms with Gasteiger partial charge in [-0.3, -0.25) is 9.59 Å². The Bertz CT molecular complexity index is 1420. The number of rotatable bonds is 83. The first-order valence-corrected chi connectivity index (χ1v) is 43.5. The third-order valence-electron chi connectivity index (χ3n) is 20.8. The van der Waals surface area contributed by atoms with Crippen LogP contribution in [0.4, 0.5) is 0 Å². The van der Waals surface area contributed by atoms with E-state index in [9.17, 15) is 19.8 Å². The van der Waals surface area contributed by atoms with Crippen LogP contribution >= 0.6 is 0 Å². The molecule has 554 valence electrons. The molecule has 1 amide bonds. The molecule has 0 aromatic carbocycles. The van der Waals surface area contributed by atoms with Crippen LogP contribution in [0.25, 0.3) is 0 Å². The van der Waals surface area contributed by atoms with E-state index in [-0.39, 0.29) is 18.5 Å². The topological polar surface area (TPSA) is 95.9 Å². The normalized spacial score (nSPS) is 12.4. The smallest absolute Gasteiger partial charge is 0.305 e. The average Bonchev–Trinajstić information content (AvgIpc) is 3.78. The summed E-state index contributed by atoms with van der Waals surface area (Å²) in [6, 6.07) is -0.624. The Morgan fingerprint density at radius 3 is 0.731 bits per heavy atom. The Morgan fingerprint density at radius 1 is 0.290 bits per heavy atom. The first-order chi connectivity index (χ1) is 46.0. The van der Waals surface area contributed by atoms with Gasteiger partial charge in [0.05, 0.1) is 25.4 Å². The van der Waals surface area contributed by atoms with E-state index in [2.05, 4.69) is 19.2 Å². The molecule has 6 nitrogen and oxygen atoms in total. The molecule has 6 heteroatoms. The van der Waals surface area contributed by atoms with E-state index in [1.165, 1.54) is 443 Å². The van der Waals surface area contributed by atoms with E-state index < -0.39 is 12.1 Å². The fourth-order valence-corrected chi connectivity index (χ4v) is 14.2. The maximum absolute atomic E-state index is 12.6. The Hall–Kier alpha value is -1.40. The minimum atomic E-state index is -0.841. The summed E-state index contributed by atoms with van der Waals surface area (Å²) >= 11 is 0. The first-order valence-electron chi connectivity index (χ1n) is 43.5. The molecule has 0 fully saturated rings. The Kier molecular flexibility index (Phi) is 81.8. The van der Waals surface area contributed by atoms with Crippen LogP contribution in [0.3, 0.4) is 0 Å².